The van der Waals surface area contributed by atoms with E-state index < -0.39 is 0 Å². The van der Waals surface area contributed by atoms with Crippen molar-refractivity contribution >= 4 is 5.91 Å². The third kappa shape index (κ3) is 2.20. The van der Waals surface area contributed by atoms with Crippen molar-refractivity contribution in [2.45, 2.75) is 26.3 Å². The van der Waals surface area contributed by atoms with E-state index in [0.717, 1.165) is 6.42 Å². The van der Waals surface area contributed by atoms with Crippen molar-refractivity contribution in [2.75, 3.05) is 0 Å². The van der Waals surface area contributed by atoms with Gasteiger partial charge in [0.15, 0.2) is 0 Å². The van der Waals surface area contributed by atoms with Gasteiger partial charge in [-0.25, -0.2) is 0 Å². The first kappa shape index (κ1) is 11.5. The van der Waals surface area contributed by atoms with Crippen molar-refractivity contribution in [2.24, 2.45) is 17.8 Å². The van der Waals surface area contributed by atoms with Gasteiger partial charge in [0, 0.05) is 12.5 Å². The van der Waals surface area contributed by atoms with E-state index >= 15 is 0 Å². The van der Waals surface area contributed by atoms with Crippen LogP contribution in [0.3, 0.4) is 0 Å². The lowest BCUT2D eigenvalue weighted by Gasteiger charge is -2.17. The summed E-state index contributed by atoms with van der Waals surface area (Å²) in [5, 5.41) is 3.07. The van der Waals surface area contributed by atoms with Gasteiger partial charge in [-0.15, -0.1) is 0 Å². The van der Waals surface area contributed by atoms with Gasteiger partial charge in [-0.05, 0) is 37.2 Å². The molecule has 3 unspecified atom stereocenters. The highest BCUT2D eigenvalue weighted by Crippen LogP contribution is 2.43. The second-order valence-electron chi connectivity index (χ2n) is 5.59. The van der Waals surface area contributed by atoms with E-state index in [-0.39, 0.29) is 11.8 Å². The first-order valence-electron chi connectivity index (χ1n) is 6.74. The number of hydrogen-bond acceptors (Lipinski definition) is 1. The number of amides is 1. The molecule has 18 heavy (non-hydrogen) atoms. The molecule has 0 aliphatic heterocycles. The van der Waals surface area contributed by atoms with Crippen molar-refractivity contribution in [1.29, 1.82) is 0 Å². The van der Waals surface area contributed by atoms with Crippen LogP contribution >= 0.6 is 0 Å². The number of fused-ring (bicyclic) bond motifs is 2. The average molecular weight is 241 g/mol. The fraction of sp³-hybridized carbons (Fsp3) is 0.438. The van der Waals surface area contributed by atoms with Gasteiger partial charge in [0.1, 0.15) is 0 Å². The summed E-state index contributed by atoms with van der Waals surface area (Å²) in [6.07, 6.45) is 6.72. The Balaban J connectivity index is 1.56. The molecule has 1 aromatic rings. The number of nitrogens with one attached hydrogen (secondary N) is 1. The molecule has 3 rings (SSSR count). The normalized spacial score (nSPS) is 28.6. The Morgan fingerprint density at radius 1 is 1.22 bits per heavy atom. The summed E-state index contributed by atoms with van der Waals surface area (Å²) in [6, 6.07) is 8.33. The summed E-state index contributed by atoms with van der Waals surface area (Å²) in [7, 11) is 0. The van der Waals surface area contributed by atoms with Crippen molar-refractivity contribution in [3.05, 3.63) is 47.5 Å². The topological polar surface area (TPSA) is 29.1 Å². The number of aryl methyl sites for hydroxylation is 1. The lowest BCUT2D eigenvalue weighted by atomic mass is 9.93. The smallest absolute Gasteiger partial charge is 0.223 e. The van der Waals surface area contributed by atoms with E-state index in [9.17, 15) is 4.79 Å². The second kappa shape index (κ2) is 4.60. The van der Waals surface area contributed by atoms with Crippen molar-refractivity contribution < 1.29 is 4.79 Å². The fourth-order valence-corrected chi connectivity index (χ4v) is 3.11. The molecule has 1 saturated carbocycles. The summed E-state index contributed by atoms with van der Waals surface area (Å²) in [4.78, 5) is 12.1. The minimum Gasteiger partial charge on any atom is -0.352 e. The highest BCUT2D eigenvalue weighted by atomic mass is 16.1. The molecular formula is C16H19NO. The molecule has 2 heteroatoms. The maximum atomic E-state index is 12.1. The van der Waals surface area contributed by atoms with Crippen LogP contribution in [0.15, 0.2) is 36.4 Å². The Bertz CT molecular complexity index is 474. The number of carbonyl (C=O) groups excluding carboxylic acids is 1. The van der Waals surface area contributed by atoms with Gasteiger partial charge in [0.05, 0.1) is 0 Å². The first-order valence-corrected chi connectivity index (χ1v) is 6.74. The summed E-state index contributed by atoms with van der Waals surface area (Å²) >= 11 is 0. The van der Waals surface area contributed by atoms with Crippen LogP contribution in [0.25, 0.3) is 0 Å². The SMILES string of the molecule is Cc1ccc(CNC(=O)C2CC3C=CC2C3)cc1. The molecule has 1 aromatic carbocycles. The fourth-order valence-electron chi connectivity index (χ4n) is 3.11. The lowest BCUT2D eigenvalue weighted by Crippen LogP contribution is -2.32. The lowest BCUT2D eigenvalue weighted by molar-refractivity contribution is -0.125. The van der Waals surface area contributed by atoms with Crippen LogP contribution in [0.4, 0.5) is 0 Å². The monoisotopic (exact) mass is 241 g/mol. The van der Waals surface area contributed by atoms with E-state index in [1.54, 1.807) is 0 Å². The third-order valence-corrected chi connectivity index (χ3v) is 4.20. The minimum atomic E-state index is 0.213. The van der Waals surface area contributed by atoms with Crippen LogP contribution in [-0.2, 0) is 11.3 Å². The molecule has 2 aliphatic carbocycles. The second-order valence-corrected chi connectivity index (χ2v) is 5.59. The predicted molar refractivity (Wildman–Crippen MR) is 71.9 cm³/mol. The van der Waals surface area contributed by atoms with Gasteiger partial charge in [0.2, 0.25) is 5.91 Å². The molecule has 1 fully saturated rings. The first-order chi connectivity index (χ1) is 8.72. The molecule has 2 aliphatic rings. The van der Waals surface area contributed by atoms with E-state index in [1.807, 2.05) is 0 Å². The Labute approximate surface area is 108 Å². The number of benzene rings is 1. The molecule has 1 N–H and O–H groups in total. The molecule has 0 spiro atoms. The van der Waals surface area contributed by atoms with Gasteiger partial charge in [-0.3, -0.25) is 4.79 Å². The van der Waals surface area contributed by atoms with E-state index in [0.29, 0.717) is 18.4 Å². The van der Waals surface area contributed by atoms with Crippen molar-refractivity contribution in [3.63, 3.8) is 0 Å². The average Bonchev–Trinajstić information content (AvgIpc) is 3.00. The number of allylic oxidation sites excluding steroid dienone is 2. The zero-order valence-electron chi connectivity index (χ0n) is 10.7. The Kier molecular flexibility index (Phi) is 2.94. The standard InChI is InChI=1S/C16H19NO/c1-11-2-4-12(5-3-11)10-17-16(18)15-9-13-6-7-14(15)8-13/h2-7,13-15H,8-10H2,1H3,(H,17,18). The van der Waals surface area contributed by atoms with Gasteiger partial charge < -0.3 is 5.32 Å². The van der Waals surface area contributed by atoms with E-state index in [2.05, 4.69) is 48.7 Å². The number of rotatable bonds is 3. The Morgan fingerprint density at radius 2 is 2.00 bits per heavy atom. The largest absolute Gasteiger partial charge is 0.352 e. The van der Waals surface area contributed by atoms with Crippen LogP contribution < -0.4 is 5.32 Å². The molecule has 0 heterocycles. The van der Waals surface area contributed by atoms with Crippen molar-refractivity contribution in [3.8, 4) is 0 Å². The molecule has 0 aromatic heterocycles. The van der Waals surface area contributed by atoms with Gasteiger partial charge in [-0.2, -0.15) is 0 Å². The Hall–Kier alpha value is -1.57. The number of carbonyl (C=O) groups is 1. The molecular weight excluding hydrogens is 222 g/mol. The van der Waals surface area contributed by atoms with E-state index in [1.165, 1.54) is 17.5 Å². The molecule has 2 bridgehead atoms. The maximum absolute atomic E-state index is 12.1. The van der Waals surface area contributed by atoms with Gasteiger partial charge in [-0.1, -0.05) is 42.0 Å². The van der Waals surface area contributed by atoms with Crippen LogP contribution in [0.1, 0.15) is 24.0 Å². The van der Waals surface area contributed by atoms with Crippen molar-refractivity contribution in [1.82, 2.24) is 5.32 Å². The summed E-state index contributed by atoms with van der Waals surface area (Å²) in [6.45, 7) is 2.72. The van der Waals surface area contributed by atoms with Gasteiger partial charge >= 0.3 is 0 Å². The zero-order valence-corrected chi connectivity index (χ0v) is 10.7. The summed E-state index contributed by atoms with van der Waals surface area (Å²) in [5.41, 5.74) is 2.43. The van der Waals surface area contributed by atoms with Crippen LogP contribution in [0, 0.1) is 24.7 Å². The van der Waals surface area contributed by atoms with E-state index in [4.69, 9.17) is 0 Å². The predicted octanol–water partition coefficient (Wildman–Crippen LogP) is 2.82. The van der Waals surface area contributed by atoms with Gasteiger partial charge in [0.25, 0.3) is 0 Å². The zero-order chi connectivity index (χ0) is 12.5. The highest BCUT2D eigenvalue weighted by molar-refractivity contribution is 5.79. The van der Waals surface area contributed by atoms with Crippen LogP contribution in [0.5, 0.6) is 0 Å². The quantitative estimate of drug-likeness (QED) is 0.810. The molecule has 3 atom stereocenters. The summed E-state index contributed by atoms with van der Waals surface area (Å²) in [5.74, 6) is 1.59. The third-order valence-electron chi connectivity index (χ3n) is 4.20. The molecule has 0 radical (unpaired) electrons. The number of hydrogen-bond donors (Lipinski definition) is 1. The minimum absolute atomic E-state index is 0.213. The summed E-state index contributed by atoms with van der Waals surface area (Å²) < 4.78 is 0. The molecule has 94 valence electrons. The molecule has 2 nitrogen and oxygen atoms in total. The van der Waals surface area contributed by atoms with Crippen LogP contribution in [-0.4, -0.2) is 5.91 Å². The van der Waals surface area contributed by atoms with Crippen LogP contribution in [0.2, 0.25) is 0 Å². The maximum Gasteiger partial charge on any atom is 0.223 e. The highest BCUT2D eigenvalue weighted by Gasteiger charge is 2.39. The molecule has 1 amide bonds. The Morgan fingerprint density at radius 3 is 2.61 bits per heavy atom. The molecule has 0 saturated heterocycles.